The highest BCUT2D eigenvalue weighted by Gasteiger charge is 1.69. The fourth-order valence-corrected chi connectivity index (χ4v) is 0. The number of rotatable bonds is 0. The first-order valence-corrected chi connectivity index (χ1v) is 1.65. The van der Waals surface area contributed by atoms with Crippen LogP contribution in [0.1, 0.15) is 13.8 Å². The van der Waals surface area contributed by atoms with Gasteiger partial charge >= 0.3 is 0 Å². The first-order valence-electron chi connectivity index (χ1n) is 1.65. The number of hydrogen-bond acceptors (Lipinski definition) is 2. The molecule has 1 N–H and O–H groups in total. The molecule has 0 aromatic rings. The van der Waals surface area contributed by atoms with Gasteiger partial charge in [-0.25, -0.2) is 0 Å². The summed E-state index contributed by atoms with van der Waals surface area (Å²) in [6.07, 6.45) is -0.167. The maximum atomic E-state index is 8.06. The summed E-state index contributed by atoms with van der Waals surface area (Å²) < 4.78 is 0. The quantitative estimate of drug-likeness (QED) is 0.428. The van der Waals surface area contributed by atoms with E-state index in [0.717, 1.165) is 0 Å². The Labute approximate surface area is 37.8 Å². The molecule has 0 aromatic carbocycles. The number of carbonyl (C=O) groups excluding carboxylic acids is 1. The van der Waals surface area contributed by atoms with Gasteiger partial charge in [-0.2, -0.15) is 0 Å². The Morgan fingerprint density at radius 2 is 1.50 bits per heavy atom. The van der Waals surface area contributed by atoms with Crippen molar-refractivity contribution in [3.05, 3.63) is 0 Å². The van der Waals surface area contributed by atoms with Gasteiger partial charge in [-0.15, -0.1) is 0 Å². The molecule has 0 bridgehead atoms. The molecule has 37 valence electrons. The molecular weight excluding hydrogens is 80.0 g/mol. The minimum absolute atomic E-state index is 0.167. The molecule has 0 amide bonds. The third-order valence-electron chi connectivity index (χ3n) is 0. The Balaban J connectivity index is 0. The second kappa shape index (κ2) is 8.82. The van der Waals surface area contributed by atoms with Crippen molar-refractivity contribution in [2.75, 3.05) is 0 Å². The first-order chi connectivity index (χ1) is 2.73. The Kier molecular flexibility index (Phi) is 13.5. The molecule has 0 heterocycles. The van der Waals surface area contributed by atoms with Crippen LogP contribution in [-0.4, -0.2) is 18.0 Å². The van der Waals surface area contributed by atoms with Gasteiger partial charge < -0.3 is 5.11 Å². The van der Waals surface area contributed by atoms with Crippen molar-refractivity contribution in [1.82, 2.24) is 0 Å². The SMILES string of the molecule is CC(C)O.[CH]=O. The number of aliphatic hydroxyl groups excluding tert-OH is 1. The van der Waals surface area contributed by atoms with Crippen LogP contribution in [0.2, 0.25) is 0 Å². The third-order valence-corrected chi connectivity index (χ3v) is 0. The zero-order valence-electron chi connectivity index (χ0n) is 4.01. The molecule has 0 unspecified atom stereocenters. The number of hydrogen-bond donors (Lipinski definition) is 1. The molecule has 0 aliphatic rings. The summed E-state index contributed by atoms with van der Waals surface area (Å²) in [5.41, 5.74) is 0. The van der Waals surface area contributed by atoms with Gasteiger partial charge in [0, 0.05) is 6.10 Å². The monoisotopic (exact) mass is 89.1 g/mol. The molecule has 6 heavy (non-hydrogen) atoms. The first kappa shape index (κ1) is 9.16. The van der Waals surface area contributed by atoms with Crippen LogP contribution in [0, 0.1) is 0 Å². The highest BCUT2D eigenvalue weighted by molar-refractivity contribution is 5.12. The molecule has 0 saturated carbocycles. The number of aliphatic hydroxyl groups is 1. The highest BCUT2D eigenvalue weighted by atomic mass is 16.3. The van der Waals surface area contributed by atoms with E-state index in [0.29, 0.717) is 0 Å². The van der Waals surface area contributed by atoms with Crippen molar-refractivity contribution in [2.24, 2.45) is 0 Å². The minimum atomic E-state index is -0.167. The van der Waals surface area contributed by atoms with Crippen LogP contribution in [0.25, 0.3) is 0 Å². The van der Waals surface area contributed by atoms with E-state index >= 15 is 0 Å². The lowest BCUT2D eigenvalue weighted by Crippen LogP contribution is -1.85. The normalized spacial score (nSPS) is 6.67. The molecule has 0 saturated heterocycles. The molecule has 2 heteroatoms. The fraction of sp³-hybridized carbons (Fsp3) is 0.750. The maximum Gasteiger partial charge on any atom is 0.182 e. The summed E-state index contributed by atoms with van der Waals surface area (Å²) in [7, 11) is 0. The summed E-state index contributed by atoms with van der Waals surface area (Å²) in [4.78, 5) is 7.75. The lowest BCUT2D eigenvalue weighted by molar-refractivity contribution is 0.216. The average molecular weight is 89.1 g/mol. The third kappa shape index (κ3) is 183. The van der Waals surface area contributed by atoms with Crippen LogP contribution in [-0.2, 0) is 4.79 Å². The molecule has 0 atom stereocenters. The molecular formula is C4H9O2. The van der Waals surface area contributed by atoms with Crippen molar-refractivity contribution in [1.29, 1.82) is 0 Å². The van der Waals surface area contributed by atoms with Crippen LogP contribution in [0.15, 0.2) is 0 Å². The smallest absolute Gasteiger partial charge is 0.182 e. The summed E-state index contributed by atoms with van der Waals surface area (Å²) in [5.74, 6) is 0. The van der Waals surface area contributed by atoms with Crippen LogP contribution in [0.4, 0.5) is 0 Å². The predicted molar refractivity (Wildman–Crippen MR) is 24.1 cm³/mol. The summed E-state index contributed by atoms with van der Waals surface area (Å²) in [5, 5.41) is 8.06. The molecule has 0 aliphatic carbocycles. The Morgan fingerprint density at radius 1 is 1.50 bits per heavy atom. The fourth-order valence-electron chi connectivity index (χ4n) is 0. The molecule has 0 aromatic heterocycles. The van der Waals surface area contributed by atoms with E-state index in [-0.39, 0.29) is 6.10 Å². The molecule has 0 fully saturated rings. The van der Waals surface area contributed by atoms with Gasteiger partial charge in [0.25, 0.3) is 0 Å². The standard InChI is InChI=1S/C3H8O.CHO/c1-3(2)4;1-2/h3-4H,1-2H3;1H. The Morgan fingerprint density at radius 3 is 1.50 bits per heavy atom. The van der Waals surface area contributed by atoms with Crippen molar-refractivity contribution in [3.8, 4) is 0 Å². The molecule has 2 nitrogen and oxygen atoms in total. The zero-order chi connectivity index (χ0) is 5.58. The van der Waals surface area contributed by atoms with E-state index in [4.69, 9.17) is 9.90 Å². The largest absolute Gasteiger partial charge is 0.394 e. The van der Waals surface area contributed by atoms with Gasteiger partial charge in [-0.05, 0) is 13.8 Å². The van der Waals surface area contributed by atoms with Gasteiger partial charge in [0.15, 0.2) is 6.79 Å². The van der Waals surface area contributed by atoms with Crippen LogP contribution in [0.3, 0.4) is 0 Å². The molecule has 1 radical (unpaired) electrons. The highest BCUT2D eigenvalue weighted by Crippen LogP contribution is 1.65. The van der Waals surface area contributed by atoms with Crippen molar-refractivity contribution in [3.63, 3.8) is 0 Å². The molecule has 0 aliphatic heterocycles. The van der Waals surface area contributed by atoms with Gasteiger partial charge in [-0.3, -0.25) is 4.79 Å². The Hall–Kier alpha value is -0.370. The van der Waals surface area contributed by atoms with E-state index in [1.165, 1.54) is 0 Å². The van der Waals surface area contributed by atoms with E-state index in [9.17, 15) is 0 Å². The van der Waals surface area contributed by atoms with E-state index in [2.05, 4.69) is 6.79 Å². The minimum Gasteiger partial charge on any atom is -0.394 e. The van der Waals surface area contributed by atoms with Gasteiger partial charge in [0.2, 0.25) is 0 Å². The van der Waals surface area contributed by atoms with Crippen LogP contribution >= 0.6 is 0 Å². The lowest BCUT2D eigenvalue weighted by Gasteiger charge is -1.80. The summed E-state index contributed by atoms with van der Waals surface area (Å²) in [6, 6.07) is 0. The predicted octanol–water partition coefficient (Wildman–Crippen LogP) is 0.113. The van der Waals surface area contributed by atoms with Gasteiger partial charge in [0.05, 0.1) is 0 Å². The zero-order valence-corrected chi connectivity index (χ0v) is 4.01. The summed E-state index contributed by atoms with van der Waals surface area (Å²) in [6.45, 7) is 6.69. The van der Waals surface area contributed by atoms with Crippen molar-refractivity contribution < 1.29 is 9.90 Å². The van der Waals surface area contributed by atoms with E-state index in [1.54, 1.807) is 13.8 Å². The van der Waals surface area contributed by atoms with Gasteiger partial charge in [0.1, 0.15) is 0 Å². The second-order valence-corrected chi connectivity index (χ2v) is 1.09. The maximum absolute atomic E-state index is 8.06. The molecule has 0 spiro atoms. The molecule has 0 rings (SSSR count). The Bertz CT molecular complexity index is 16.8. The van der Waals surface area contributed by atoms with Crippen molar-refractivity contribution in [2.45, 2.75) is 20.0 Å². The lowest BCUT2D eigenvalue weighted by atomic mass is 10.5. The second-order valence-electron chi connectivity index (χ2n) is 1.09. The van der Waals surface area contributed by atoms with Crippen LogP contribution < -0.4 is 0 Å². The van der Waals surface area contributed by atoms with E-state index < -0.39 is 0 Å². The summed E-state index contributed by atoms with van der Waals surface area (Å²) >= 11 is 0. The van der Waals surface area contributed by atoms with Crippen molar-refractivity contribution >= 4 is 6.79 Å². The topological polar surface area (TPSA) is 37.3 Å². The van der Waals surface area contributed by atoms with Gasteiger partial charge in [-0.1, -0.05) is 0 Å². The average Bonchev–Trinajstić information content (AvgIpc) is 1.41. The van der Waals surface area contributed by atoms with E-state index in [1.807, 2.05) is 0 Å². The van der Waals surface area contributed by atoms with Crippen LogP contribution in [0.5, 0.6) is 0 Å².